The Bertz CT molecular complexity index is 1550. The number of nitriles is 1. The van der Waals surface area contributed by atoms with E-state index in [1.54, 1.807) is 17.5 Å². The number of likely N-dealkylation sites (tertiary alicyclic amines) is 1. The molecule has 0 spiro atoms. The van der Waals surface area contributed by atoms with E-state index in [-0.39, 0.29) is 6.10 Å². The van der Waals surface area contributed by atoms with Crippen LogP contribution in [0.15, 0.2) is 67.0 Å². The maximum absolute atomic E-state index is 9.83. The van der Waals surface area contributed by atoms with Gasteiger partial charge in [0.15, 0.2) is 0 Å². The van der Waals surface area contributed by atoms with E-state index >= 15 is 0 Å². The highest BCUT2D eigenvalue weighted by Crippen LogP contribution is 2.39. The average Bonchev–Trinajstić information content (AvgIpc) is 3.59. The number of benzene rings is 2. The zero-order chi connectivity index (χ0) is 23.1. The molecule has 1 aliphatic heterocycles. The van der Waals surface area contributed by atoms with Crippen LogP contribution < -0.4 is 5.32 Å². The van der Waals surface area contributed by atoms with Crippen LogP contribution in [0.3, 0.4) is 0 Å². The minimum atomic E-state index is -0.213. The SMILES string of the molecule is N#Cc1cnc2sc(-c3cccc(CN4CC[C@@H](O)C4)c3)cc2c1Nc1ccc2[nH]ccc2c1. The lowest BCUT2D eigenvalue weighted by atomic mass is 10.1. The van der Waals surface area contributed by atoms with Crippen molar-refractivity contribution in [3.63, 3.8) is 0 Å². The molecule has 0 amide bonds. The number of β-amino-alcohol motifs (C(OH)–C–C–N with tert-alkyl or cyclic N) is 1. The Hall–Kier alpha value is -3.70. The molecule has 1 aliphatic rings. The fraction of sp³-hybridized carbons (Fsp3) is 0.185. The van der Waals surface area contributed by atoms with Crippen molar-refractivity contribution in [1.82, 2.24) is 14.9 Å². The number of hydrogen-bond donors (Lipinski definition) is 3. The maximum Gasteiger partial charge on any atom is 0.126 e. The summed E-state index contributed by atoms with van der Waals surface area (Å²) < 4.78 is 0. The van der Waals surface area contributed by atoms with Gasteiger partial charge < -0.3 is 15.4 Å². The van der Waals surface area contributed by atoms with Gasteiger partial charge in [0.25, 0.3) is 0 Å². The highest BCUT2D eigenvalue weighted by molar-refractivity contribution is 7.22. The Morgan fingerprint density at radius 3 is 3.00 bits per heavy atom. The molecule has 1 fully saturated rings. The van der Waals surface area contributed by atoms with Crippen molar-refractivity contribution in [2.24, 2.45) is 0 Å². The Morgan fingerprint density at radius 1 is 1.21 bits per heavy atom. The summed E-state index contributed by atoms with van der Waals surface area (Å²) in [6, 6.07) is 21.1. The number of aliphatic hydroxyl groups excluding tert-OH is 1. The first kappa shape index (κ1) is 20.9. The number of anilines is 2. The molecule has 2 aromatic carbocycles. The number of pyridine rings is 1. The number of hydrogen-bond acceptors (Lipinski definition) is 6. The molecule has 0 saturated carbocycles. The van der Waals surface area contributed by atoms with Crippen LogP contribution in [0, 0.1) is 11.3 Å². The topological polar surface area (TPSA) is 88.0 Å². The third kappa shape index (κ3) is 3.93. The average molecular weight is 466 g/mol. The van der Waals surface area contributed by atoms with Crippen LogP contribution in [-0.2, 0) is 6.54 Å². The molecule has 5 aromatic rings. The van der Waals surface area contributed by atoms with Gasteiger partial charge in [-0.2, -0.15) is 5.26 Å². The predicted molar refractivity (Wildman–Crippen MR) is 137 cm³/mol. The van der Waals surface area contributed by atoms with E-state index in [2.05, 4.69) is 62.7 Å². The number of H-pyrrole nitrogens is 1. The zero-order valence-electron chi connectivity index (χ0n) is 18.5. The van der Waals surface area contributed by atoms with E-state index < -0.39 is 0 Å². The van der Waals surface area contributed by atoms with Gasteiger partial charge in [0.2, 0.25) is 0 Å². The molecule has 1 atom stereocenters. The molecule has 1 saturated heterocycles. The van der Waals surface area contributed by atoms with Crippen LogP contribution in [0.25, 0.3) is 31.6 Å². The van der Waals surface area contributed by atoms with Crippen molar-refractivity contribution < 1.29 is 5.11 Å². The summed E-state index contributed by atoms with van der Waals surface area (Å²) in [5, 5.41) is 25.1. The molecule has 4 heterocycles. The standard InChI is InChI=1S/C27H23N5OS/c28-13-20-14-30-27-23(26(20)31-21-4-5-24-18(11-21)6-8-29-24)12-25(34-27)19-3-1-2-17(10-19)15-32-9-7-22(33)16-32/h1-6,8,10-12,14,22,29,33H,7,9,15-16H2,(H,30,31)/t22-/m1/s1. The minimum absolute atomic E-state index is 0.213. The smallest absolute Gasteiger partial charge is 0.126 e. The van der Waals surface area contributed by atoms with Crippen LogP contribution in [0.5, 0.6) is 0 Å². The van der Waals surface area contributed by atoms with Crippen LogP contribution in [0.4, 0.5) is 11.4 Å². The van der Waals surface area contributed by atoms with Crippen molar-refractivity contribution in [3.05, 3.63) is 78.1 Å². The van der Waals surface area contributed by atoms with Gasteiger partial charge in [0.05, 0.1) is 17.4 Å². The summed E-state index contributed by atoms with van der Waals surface area (Å²) in [5.74, 6) is 0. The molecule has 0 aliphatic carbocycles. The van der Waals surface area contributed by atoms with Crippen molar-refractivity contribution in [2.75, 3.05) is 18.4 Å². The van der Waals surface area contributed by atoms with Gasteiger partial charge in [-0.1, -0.05) is 18.2 Å². The van der Waals surface area contributed by atoms with E-state index in [1.165, 1.54) is 5.56 Å². The highest BCUT2D eigenvalue weighted by Gasteiger charge is 2.20. The molecule has 3 N–H and O–H groups in total. The number of fused-ring (bicyclic) bond motifs is 2. The normalized spacial score (nSPS) is 16.3. The second-order valence-corrected chi connectivity index (χ2v) is 9.80. The molecule has 0 radical (unpaired) electrons. The maximum atomic E-state index is 9.83. The van der Waals surface area contributed by atoms with Gasteiger partial charge in [-0.05, 0) is 53.9 Å². The predicted octanol–water partition coefficient (Wildman–Crippen LogP) is 5.63. The van der Waals surface area contributed by atoms with Crippen LogP contribution >= 0.6 is 11.3 Å². The van der Waals surface area contributed by atoms with Crippen LogP contribution in [-0.4, -0.2) is 39.2 Å². The third-order valence-corrected chi connectivity index (χ3v) is 7.46. The van der Waals surface area contributed by atoms with Crippen molar-refractivity contribution in [1.29, 1.82) is 5.26 Å². The van der Waals surface area contributed by atoms with E-state index in [1.807, 2.05) is 24.4 Å². The molecule has 34 heavy (non-hydrogen) atoms. The van der Waals surface area contributed by atoms with Gasteiger partial charge in [-0.3, -0.25) is 4.90 Å². The zero-order valence-corrected chi connectivity index (χ0v) is 19.3. The number of aromatic nitrogens is 2. The first-order valence-electron chi connectivity index (χ1n) is 11.3. The van der Waals surface area contributed by atoms with E-state index in [9.17, 15) is 10.4 Å². The van der Waals surface area contributed by atoms with Crippen LogP contribution in [0.1, 0.15) is 17.5 Å². The second kappa shape index (κ2) is 8.58. The highest BCUT2D eigenvalue weighted by atomic mass is 32.1. The first-order valence-corrected chi connectivity index (χ1v) is 12.1. The number of nitrogens with one attached hydrogen (secondary N) is 2. The number of aromatic amines is 1. The minimum Gasteiger partial charge on any atom is -0.392 e. The lowest BCUT2D eigenvalue weighted by Gasteiger charge is -2.15. The molecule has 3 aromatic heterocycles. The van der Waals surface area contributed by atoms with Gasteiger partial charge in [-0.25, -0.2) is 4.98 Å². The Kier molecular flexibility index (Phi) is 5.27. The summed E-state index contributed by atoms with van der Waals surface area (Å²) in [4.78, 5) is 12.1. The van der Waals surface area contributed by atoms with Crippen molar-refractivity contribution in [3.8, 4) is 16.5 Å². The summed E-state index contributed by atoms with van der Waals surface area (Å²) in [6.45, 7) is 2.50. The number of aliphatic hydroxyl groups is 1. The van der Waals surface area contributed by atoms with Gasteiger partial charge in [-0.15, -0.1) is 11.3 Å². The first-order chi connectivity index (χ1) is 16.7. The van der Waals surface area contributed by atoms with Gasteiger partial charge >= 0.3 is 0 Å². The molecule has 0 bridgehead atoms. The quantitative estimate of drug-likeness (QED) is 0.313. The van der Waals surface area contributed by atoms with E-state index in [0.717, 1.165) is 69.0 Å². The fourth-order valence-electron chi connectivity index (χ4n) is 4.66. The Labute approximate surface area is 201 Å². The molecule has 0 unspecified atom stereocenters. The summed E-state index contributed by atoms with van der Waals surface area (Å²) in [6.07, 6.45) is 4.20. The van der Waals surface area contributed by atoms with Gasteiger partial charge in [0.1, 0.15) is 10.9 Å². The van der Waals surface area contributed by atoms with E-state index in [0.29, 0.717) is 5.56 Å². The lowest BCUT2D eigenvalue weighted by Crippen LogP contribution is -2.21. The van der Waals surface area contributed by atoms with Crippen molar-refractivity contribution >= 4 is 43.8 Å². The number of nitrogens with zero attached hydrogens (tertiary/aromatic N) is 3. The number of rotatable bonds is 5. The molecule has 7 heteroatoms. The van der Waals surface area contributed by atoms with Gasteiger partial charge in [0, 0.05) is 58.9 Å². The summed E-state index contributed by atoms with van der Waals surface area (Å²) in [5.41, 5.74) is 5.68. The second-order valence-electron chi connectivity index (χ2n) is 8.77. The molecule has 6 nitrogen and oxygen atoms in total. The Balaban J connectivity index is 1.35. The number of thiophene rings is 1. The van der Waals surface area contributed by atoms with Crippen LogP contribution in [0.2, 0.25) is 0 Å². The fourth-order valence-corrected chi connectivity index (χ4v) is 5.67. The summed E-state index contributed by atoms with van der Waals surface area (Å²) in [7, 11) is 0. The largest absolute Gasteiger partial charge is 0.392 e. The molecule has 6 rings (SSSR count). The summed E-state index contributed by atoms with van der Waals surface area (Å²) >= 11 is 1.63. The van der Waals surface area contributed by atoms with Crippen molar-refractivity contribution in [2.45, 2.75) is 19.1 Å². The van der Waals surface area contributed by atoms with E-state index in [4.69, 9.17) is 0 Å². The third-order valence-electron chi connectivity index (χ3n) is 6.37. The monoisotopic (exact) mass is 465 g/mol. The molecular formula is C27H23N5OS. The Morgan fingerprint density at radius 2 is 2.15 bits per heavy atom. The molecule has 168 valence electrons. The lowest BCUT2D eigenvalue weighted by molar-refractivity contribution is 0.175. The molecular weight excluding hydrogens is 442 g/mol.